The highest BCUT2D eigenvalue weighted by atomic mass is 79.9. The van der Waals surface area contributed by atoms with Gasteiger partial charge >= 0.3 is 0 Å². The molecule has 1 aliphatic heterocycles. The molecule has 3 rings (SSSR count). The monoisotopic (exact) mass is 351 g/mol. The number of fused-ring (bicyclic) bond motifs is 1. The van der Waals surface area contributed by atoms with Crippen LogP contribution < -0.4 is 10.1 Å². The van der Waals surface area contributed by atoms with Crippen LogP contribution in [0.5, 0.6) is 5.75 Å². The summed E-state index contributed by atoms with van der Waals surface area (Å²) in [6.45, 7) is 5.26. The molecule has 0 saturated heterocycles. The zero-order valence-electron chi connectivity index (χ0n) is 11.7. The van der Waals surface area contributed by atoms with E-state index in [0.29, 0.717) is 6.04 Å². The highest BCUT2D eigenvalue weighted by Gasteiger charge is 2.29. The molecule has 106 valence electrons. The molecule has 1 aromatic carbocycles. The Hall–Kier alpha value is -0.840. The summed E-state index contributed by atoms with van der Waals surface area (Å²) in [6, 6.07) is 10.9. The van der Waals surface area contributed by atoms with Crippen LogP contribution in [0.15, 0.2) is 34.8 Å². The maximum atomic E-state index is 6.21. The molecule has 0 bridgehead atoms. The second-order valence-electron chi connectivity index (χ2n) is 5.04. The summed E-state index contributed by atoms with van der Waals surface area (Å²) in [7, 11) is 0. The summed E-state index contributed by atoms with van der Waals surface area (Å²) in [5.41, 5.74) is 1.28. The predicted octanol–water partition coefficient (Wildman–Crippen LogP) is 4.99. The van der Waals surface area contributed by atoms with Gasteiger partial charge in [-0.1, -0.05) is 25.1 Å². The molecular weight excluding hydrogens is 334 g/mol. The van der Waals surface area contributed by atoms with E-state index in [1.165, 1.54) is 19.8 Å². The van der Waals surface area contributed by atoms with Gasteiger partial charge in [-0.3, -0.25) is 0 Å². The Balaban J connectivity index is 1.93. The van der Waals surface area contributed by atoms with Gasteiger partial charge in [0.2, 0.25) is 0 Å². The molecule has 0 saturated carbocycles. The van der Waals surface area contributed by atoms with Gasteiger partial charge in [-0.2, -0.15) is 0 Å². The first kappa shape index (κ1) is 14.1. The zero-order chi connectivity index (χ0) is 14.1. The summed E-state index contributed by atoms with van der Waals surface area (Å²) in [5, 5.41) is 3.57. The molecule has 4 heteroatoms. The van der Waals surface area contributed by atoms with Gasteiger partial charge in [-0.15, -0.1) is 11.3 Å². The summed E-state index contributed by atoms with van der Waals surface area (Å²) in [6.07, 6.45) is 1.13. The van der Waals surface area contributed by atoms with E-state index >= 15 is 0 Å². The van der Waals surface area contributed by atoms with Crippen LogP contribution in [-0.2, 0) is 0 Å². The molecule has 20 heavy (non-hydrogen) atoms. The van der Waals surface area contributed by atoms with E-state index in [1.54, 1.807) is 0 Å². The Kier molecular flexibility index (Phi) is 4.15. The van der Waals surface area contributed by atoms with Crippen molar-refractivity contribution in [2.45, 2.75) is 32.4 Å². The molecule has 2 nitrogen and oxygen atoms in total. The third-order valence-electron chi connectivity index (χ3n) is 3.66. The van der Waals surface area contributed by atoms with Crippen molar-refractivity contribution in [1.82, 2.24) is 5.32 Å². The molecule has 0 fully saturated rings. The maximum absolute atomic E-state index is 6.21. The first-order chi connectivity index (χ1) is 9.69. The lowest BCUT2D eigenvalue weighted by Gasteiger charge is -2.32. The predicted molar refractivity (Wildman–Crippen MR) is 87.6 cm³/mol. The summed E-state index contributed by atoms with van der Waals surface area (Å²) in [4.78, 5) is 2.61. The zero-order valence-corrected chi connectivity index (χ0v) is 14.1. The Morgan fingerprint density at radius 1 is 1.40 bits per heavy atom. The lowest BCUT2D eigenvalue weighted by molar-refractivity contribution is 0.155. The van der Waals surface area contributed by atoms with Gasteiger partial charge in [0.05, 0.1) is 0 Å². The van der Waals surface area contributed by atoms with Gasteiger partial charge in [0.15, 0.2) is 0 Å². The minimum Gasteiger partial charge on any atom is -0.484 e. The number of halogens is 1. The molecular formula is C16H18BrNOS. The van der Waals surface area contributed by atoms with Crippen molar-refractivity contribution in [2.24, 2.45) is 0 Å². The fourth-order valence-electron chi connectivity index (χ4n) is 2.67. The van der Waals surface area contributed by atoms with Crippen LogP contribution in [-0.4, -0.2) is 6.54 Å². The molecule has 1 aromatic heterocycles. The Labute approximate surface area is 132 Å². The number of para-hydroxylation sites is 1. The maximum Gasteiger partial charge on any atom is 0.135 e. The van der Waals surface area contributed by atoms with E-state index in [9.17, 15) is 0 Å². The highest BCUT2D eigenvalue weighted by molar-refractivity contribution is 9.10. The van der Waals surface area contributed by atoms with Crippen molar-refractivity contribution < 1.29 is 4.74 Å². The summed E-state index contributed by atoms with van der Waals surface area (Å²) in [5.74, 6) is 1.01. The minimum atomic E-state index is 0.143. The van der Waals surface area contributed by atoms with E-state index in [-0.39, 0.29) is 6.10 Å². The topological polar surface area (TPSA) is 21.3 Å². The number of hydrogen-bond donors (Lipinski definition) is 1. The number of aryl methyl sites for hydroxylation is 1. The molecule has 0 amide bonds. The lowest BCUT2D eigenvalue weighted by Crippen LogP contribution is -2.28. The number of thiophene rings is 1. The number of rotatable bonds is 3. The summed E-state index contributed by atoms with van der Waals surface area (Å²) >= 11 is 5.42. The van der Waals surface area contributed by atoms with Crippen molar-refractivity contribution in [3.8, 4) is 5.75 Å². The highest BCUT2D eigenvalue weighted by Crippen LogP contribution is 2.43. The molecule has 2 unspecified atom stereocenters. The van der Waals surface area contributed by atoms with Crippen LogP contribution in [0.3, 0.4) is 0 Å². The Morgan fingerprint density at radius 2 is 2.20 bits per heavy atom. The van der Waals surface area contributed by atoms with Crippen molar-refractivity contribution in [1.29, 1.82) is 0 Å². The van der Waals surface area contributed by atoms with Crippen LogP contribution in [0.25, 0.3) is 0 Å². The molecule has 0 aliphatic carbocycles. The fourth-order valence-corrected chi connectivity index (χ4v) is 4.28. The van der Waals surface area contributed by atoms with Crippen LogP contribution in [0.4, 0.5) is 0 Å². The van der Waals surface area contributed by atoms with Crippen molar-refractivity contribution in [2.75, 3.05) is 6.54 Å². The largest absolute Gasteiger partial charge is 0.484 e. The van der Waals surface area contributed by atoms with E-state index in [2.05, 4.69) is 59.4 Å². The number of nitrogens with one attached hydrogen (secondary N) is 1. The molecule has 1 N–H and O–H groups in total. The van der Waals surface area contributed by atoms with Crippen molar-refractivity contribution >= 4 is 27.3 Å². The third-order valence-corrected chi connectivity index (χ3v) is 5.89. The van der Waals surface area contributed by atoms with Crippen LogP contribution in [0, 0.1) is 6.92 Å². The van der Waals surface area contributed by atoms with Gasteiger partial charge < -0.3 is 10.1 Å². The van der Waals surface area contributed by atoms with Gasteiger partial charge in [0.25, 0.3) is 0 Å². The Bertz CT molecular complexity index is 591. The fraction of sp³-hybridized carbons (Fsp3) is 0.375. The summed E-state index contributed by atoms with van der Waals surface area (Å²) < 4.78 is 7.39. The average Bonchev–Trinajstić information content (AvgIpc) is 2.79. The third kappa shape index (κ3) is 2.65. The second-order valence-corrected chi connectivity index (χ2v) is 7.19. The van der Waals surface area contributed by atoms with Crippen LogP contribution in [0.2, 0.25) is 0 Å². The normalized spacial score (nSPS) is 21.4. The minimum absolute atomic E-state index is 0.143. The number of hydrogen-bond acceptors (Lipinski definition) is 3. The van der Waals surface area contributed by atoms with Crippen molar-refractivity contribution in [3.05, 3.63) is 50.1 Å². The van der Waals surface area contributed by atoms with Crippen molar-refractivity contribution in [3.63, 3.8) is 0 Å². The van der Waals surface area contributed by atoms with E-state index in [4.69, 9.17) is 4.74 Å². The van der Waals surface area contributed by atoms with Gasteiger partial charge in [0.1, 0.15) is 11.9 Å². The van der Waals surface area contributed by atoms with Crippen LogP contribution in [0.1, 0.15) is 40.8 Å². The molecule has 2 heterocycles. The second kappa shape index (κ2) is 5.88. The van der Waals surface area contributed by atoms with Gasteiger partial charge in [0, 0.05) is 32.3 Å². The molecule has 0 spiro atoms. The molecule has 2 aromatic rings. The van der Waals surface area contributed by atoms with Crippen LogP contribution >= 0.6 is 27.3 Å². The van der Waals surface area contributed by atoms with E-state index in [1.807, 2.05) is 17.4 Å². The average molecular weight is 352 g/mol. The van der Waals surface area contributed by atoms with E-state index in [0.717, 1.165) is 18.7 Å². The molecule has 2 atom stereocenters. The quantitative estimate of drug-likeness (QED) is 0.840. The first-order valence-electron chi connectivity index (χ1n) is 6.93. The SMILES string of the molecule is CCNC1CC(c2cc(Br)c(C)s2)Oc2ccccc21. The smallest absolute Gasteiger partial charge is 0.135 e. The first-order valence-corrected chi connectivity index (χ1v) is 8.54. The molecule has 0 radical (unpaired) electrons. The Morgan fingerprint density at radius 3 is 2.90 bits per heavy atom. The number of ether oxygens (including phenoxy) is 1. The standard InChI is InChI=1S/C16H18BrNOS/c1-3-18-13-9-15(16-8-12(17)10(2)20-16)19-14-7-5-4-6-11(13)14/h4-8,13,15,18H,3,9H2,1-2H3. The molecule has 1 aliphatic rings. The van der Waals surface area contributed by atoms with Gasteiger partial charge in [-0.25, -0.2) is 0 Å². The van der Waals surface area contributed by atoms with Gasteiger partial charge in [-0.05, 0) is 41.5 Å². The lowest BCUT2D eigenvalue weighted by atomic mass is 9.96. The number of benzene rings is 1. The van der Waals surface area contributed by atoms with E-state index < -0.39 is 0 Å².